The fourth-order valence-electron chi connectivity index (χ4n) is 2.71. The van der Waals surface area contributed by atoms with Crippen molar-refractivity contribution in [2.24, 2.45) is 5.92 Å². The second kappa shape index (κ2) is 7.71. The van der Waals surface area contributed by atoms with E-state index < -0.39 is 10.9 Å². The number of esters is 1. The molecule has 0 bridgehead atoms. The minimum Gasteiger partial charge on any atom is -0.452 e. The highest BCUT2D eigenvalue weighted by Gasteiger charge is 2.23. The van der Waals surface area contributed by atoms with Crippen molar-refractivity contribution in [3.8, 4) is 0 Å². The van der Waals surface area contributed by atoms with Crippen LogP contribution in [0.25, 0.3) is 0 Å². The highest BCUT2D eigenvalue weighted by Crippen LogP contribution is 2.23. The smallest absolute Gasteiger partial charge is 0.338 e. The summed E-state index contributed by atoms with van der Waals surface area (Å²) in [6.07, 6.45) is 4.32. The van der Waals surface area contributed by atoms with E-state index in [2.05, 4.69) is 12.2 Å². The number of nitrogens with one attached hydrogen (secondary N) is 1. The number of amides is 1. The molecule has 1 aromatic rings. The minimum absolute atomic E-state index is 0.106. The van der Waals surface area contributed by atoms with E-state index in [4.69, 9.17) is 4.74 Å². The van der Waals surface area contributed by atoms with Crippen LogP contribution in [-0.2, 0) is 9.53 Å². The maximum absolute atomic E-state index is 11.9. The van der Waals surface area contributed by atoms with Crippen LogP contribution in [0.1, 0.15) is 43.0 Å². The lowest BCUT2D eigenvalue weighted by molar-refractivity contribution is -0.384. The third-order valence-electron chi connectivity index (χ3n) is 4.11. The highest BCUT2D eigenvalue weighted by atomic mass is 16.6. The Kier molecular flexibility index (Phi) is 5.67. The first-order chi connectivity index (χ1) is 11.0. The molecule has 0 spiro atoms. The van der Waals surface area contributed by atoms with Crippen LogP contribution in [0.4, 0.5) is 5.69 Å². The van der Waals surface area contributed by atoms with Gasteiger partial charge >= 0.3 is 5.97 Å². The molecule has 0 heterocycles. The Morgan fingerprint density at radius 3 is 2.52 bits per heavy atom. The van der Waals surface area contributed by atoms with Gasteiger partial charge in [0.25, 0.3) is 11.6 Å². The molecular formula is C16H20N2O5. The van der Waals surface area contributed by atoms with Gasteiger partial charge in [-0.1, -0.05) is 19.8 Å². The lowest BCUT2D eigenvalue weighted by Crippen LogP contribution is -2.42. The van der Waals surface area contributed by atoms with E-state index in [1.54, 1.807) is 0 Å². The average molecular weight is 320 g/mol. The summed E-state index contributed by atoms with van der Waals surface area (Å²) in [5.41, 5.74) is 0.0695. The number of rotatable bonds is 5. The van der Waals surface area contributed by atoms with Crippen molar-refractivity contribution in [2.45, 2.75) is 38.6 Å². The predicted octanol–water partition coefficient (Wildman–Crippen LogP) is 2.45. The van der Waals surface area contributed by atoms with Crippen LogP contribution in [0, 0.1) is 16.0 Å². The van der Waals surface area contributed by atoms with Crippen molar-refractivity contribution >= 4 is 17.6 Å². The van der Waals surface area contributed by atoms with Gasteiger partial charge in [-0.2, -0.15) is 0 Å². The van der Waals surface area contributed by atoms with Crippen molar-refractivity contribution in [1.29, 1.82) is 0 Å². The molecule has 1 fully saturated rings. The third-order valence-corrected chi connectivity index (χ3v) is 4.11. The third kappa shape index (κ3) is 4.77. The molecule has 1 amide bonds. The quantitative estimate of drug-likeness (QED) is 0.510. The van der Waals surface area contributed by atoms with E-state index in [1.807, 2.05) is 0 Å². The fourth-order valence-corrected chi connectivity index (χ4v) is 2.71. The number of carbonyl (C=O) groups excluding carboxylic acids is 2. The number of nitro groups is 1. The molecule has 7 nitrogen and oxygen atoms in total. The molecule has 7 heteroatoms. The van der Waals surface area contributed by atoms with E-state index in [-0.39, 0.29) is 29.8 Å². The van der Waals surface area contributed by atoms with Crippen LogP contribution < -0.4 is 5.32 Å². The van der Waals surface area contributed by atoms with Gasteiger partial charge in [0.15, 0.2) is 6.61 Å². The van der Waals surface area contributed by atoms with E-state index >= 15 is 0 Å². The summed E-state index contributed by atoms with van der Waals surface area (Å²) in [7, 11) is 0. The Hall–Kier alpha value is -2.44. The van der Waals surface area contributed by atoms with Gasteiger partial charge in [-0.25, -0.2) is 4.79 Å². The number of non-ortho nitro benzene ring substituents is 1. The largest absolute Gasteiger partial charge is 0.452 e. The molecule has 1 aromatic carbocycles. The molecule has 23 heavy (non-hydrogen) atoms. The van der Waals surface area contributed by atoms with E-state index in [9.17, 15) is 19.7 Å². The van der Waals surface area contributed by atoms with Gasteiger partial charge in [0.05, 0.1) is 10.5 Å². The van der Waals surface area contributed by atoms with Crippen molar-refractivity contribution in [3.63, 3.8) is 0 Å². The number of nitro benzene ring substituents is 1. The summed E-state index contributed by atoms with van der Waals surface area (Å²) >= 11 is 0. The molecule has 0 saturated heterocycles. The lowest BCUT2D eigenvalue weighted by atomic mass is 9.86. The summed E-state index contributed by atoms with van der Waals surface area (Å²) in [5.74, 6) is -0.566. The van der Waals surface area contributed by atoms with Gasteiger partial charge in [-0.3, -0.25) is 14.9 Å². The molecule has 124 valence electrons. The van der Waals surface area contributed by atoms with E-state index in [0.29, 0.717) is 5.92 Å². The standard InChI is InChI=1S/C16H20N2O5/c1-11-4-2-3-5-14(11)17-15(19)10-23-16(20)12-6-8-13(9-7-12)18(21)22/h6-9,11,14H,2-5,10H2,1H3,(H,17,19)/t11-,14+/m1/s1. The topological polar surface area (TPSA) is 98.5 Å². The molecule has 2 rings (SSSR count). The van der Waals surface area contributed by atoms with Crippen molar-refractivity contribution < 1.29 is 19.2 Å². The molecule has 0 aromatic heterocycles. The summed E-state index contributed by atoms with van der Waals surface area (Å²) in [4.78, 5) is 33.7. The molecular weight excluding hydrogens is 300 g/mol. The lowest BCUT2D eigenvalue weighted by Gasteiger charge is -2.29. The van der Waals surface area contributed by atoms with Gasteiger partial charge < -0.3 is 10.1 Å². The monoisotopic (exact) mass is 320 g/mol. The summed E-state index contributed by atoms with van der Waals surface area (Å²) in [6, 6.07) is 5.19. The van der Waals surface area contributed by atoms with Crippen LogP contribution in [0.3, 0.4) is 0 Å². The summed E-state index contributed by atoms with van der Waals surface area (Å²) in [6.45, 7) is 1.76. The van der Waals surface area contributed by atoms with Crippen LogP contribution in [0.2, 0.25) is 0 Å². The van der Waals surface area contributed by atoms with Gasteiger partial charge in [-0.15, -0.1) is 0 Å². The normalized spacial score (nSPS) is 20.6. The highest BCUT2D eigenvalue weighted by molar-refractivity contribution is 5.91. The molecule has 1 saturated carbocycles. The van der Waals surface area contributed by atoms with Gasteiger partial charge in [-0.05, 0) is 30.9 Å². The van der Waals surface area contributed by atoms with Crippen LogP contribution in [-0.4, -0.2) is 29.4 Å². The molecule has 1 aliphatic carbocycles. The van der Waals surface area contributed by atoms with Crippen molar-refractivity contribution in [1.82, 2.24) is 5.32 Å². The molecule has 1 N–H and O–H groups in total. The Morgan fingerprint density at radius 1 is 1.26 bits per heavy atom. The molecule has 2 atom stereocenters. The van der Waals surface area contributed by atoms with Crippen molar-refractivity contribution in [2.75, 3.05) is 6.61 Å². The van der Waals surface area contributed by atoms with Crippen LogP contribution in [0.15, 0.2) is 24.3 Å². The maximum Gasteiger partial charge on any atom is 0.338 e. The second-order valence-corrected chi connectivity index (χ2v) is 5.82. The fraction of sp³-hybridized carbons (Fsp3) is 0.500. The Bertz CT molecular complexity index is 585. The van der Waals surface area contributed by atoms with Crippen LogP contribution >= 0.6 is 0 Å². The zero-order chi connectivity index (χ0) is 16.8. The van der Waals surface area contributed by atoms with E-state index in [1.165, 1.54) is 30.7 Å². The Morgan fingerprint density at radius 2 is 1.91 bits per heavy atom. The Labute approximate surface area is 134 Å². The summed E-state index contributed by atoms with van der Waals surface area (Å²) < 4.78 is 4.95. The maximum atomic E-state index is 11.9. The number of hydrogen-bond acceptors (Lipinski definition) is 5. The zero-order valence-corrected chi connectivity index (χ0v) is 13.0. The van der Waals surface area contributed by atoms with Crippen molar-refractivity contribution in [3.05, 3.63) is 39.9 Å². The predicted molar refractivity (Wildman–Crippen MR) is 82.9 cm³/mol. The minimum atomic E-state index is -0.674. The number of hydrogen-bond donors (Lipinski definition) is 1. The molecule has 0 unspecified atom stereocenters. The Balaban J connectivity index is 1.81. The first-order valence-electron chi connectivity index (χ1n) is 7.68. The summed E-state index contributed by atoms with van der Waals surface area (Å²) in [5, 5.41) is 13.4. The number of carbonyl (C=O) groups is 2. The van der Waals surface area contributed by atoms with E-state index in [0.717, 1.165) is 19.3 Å². The molecule has 0 aliphatic heterocycles. The number of nitrogens with zero attached hydrogens (tertiary/aromatic N) is 1. The number of benzene rings is 1. The van der Waals surface area contributed by atoms with Crippen LogP contribution in [0.5, 0.6) is 0 Å². The zero-order valence-electron chi connectivity index (χ0n) is 13.0. The SMILES string of the molecule is C[C@@H]1CCCC[C@@H]1NC(=O)COC(=O)c1ccc([N+](=O)[O-])cc1. The first-order valence-corrected chi connectivity index (χ1v) is 7.68. The molecule has 1 aliphatic rings. The van der Waals surface area contributed by atoms with Gasteiger partial charge in [0, 0.05) is 18.2 Å². The number of ether oxygens (including phenoxy) is 1. The second-order valence-electron chi connectivity index (χ2n) is 5.82. The molecule has 0 radical (unpaired) electrons. The van der Waals surface area contributed by atoms with Gasteiger partial charge in [0.2, 0.25) is 0 Å². The van der Waals surface area contributed by atoms with Gasteiger partial charge in [0.1, 0.15) is 0 Å². The first kappa shape index (κ1) is 16.9. The average Bonchev–Trinajstić information content (AvgIpc) is 2.55.